The summed E-state index contributed by atoms with van der Waals surface area (Å²) in [5.41, 5.74) is 5.54. The molecule has 1 rings (SSSR count). The number of morpholine rings is 1. The predicted octanol–water partition coefficient (Wildman–Crippen LogP) is -0.368. The van der Waals surface area contributed by atoms with E-state index in [1.807, 2.05) is 13.8 Å². The van der Waals surface area contributed by atoms with Crippen LogP contribution >= 0.6 is 0 Å². The second-order valence-corrected chi connectivity index (χ2v) is 6.21. The summed E-state index contributed by atoms with van der Waals surface area (Å²) < 4.78 is 30.7. The number of nitrogens with zero attached hydrogens (tertiary/aromatic N) is 1. The number of rotatable bonds is 4. The molecule has 1 saturated heterocycles. The van der Waals surface area contributed by atoms with Crippen LogP contribution in [0.1, 0.15) is 13.8 Å². The van der Waals surface area contributed by atoms with Gasteiger partial charge in [0.05, 0.1) is 25.0 Å². The van der Waals surface area contributed by atoms with Crippen molar-refractivity contribution in [3.63, 3.8) is 0 Å². The SMILES string of the molecule is CC(C)CS(=O)(=O)N1CCOCC1CN. The van der Waals surface area contributed by atoms with Crippen LogP contribution in [0.15, 0.2) is 0 Å². The van der Waals surface area contributed by atoms with Crippen LogP contribution in [0.3, 0.4) is 0 Å². The molecule has 1 aliphatic rings. The zero-order valence-corrected chi connectivity index (χ0v) is 10.2. The molecular weight excluding hydrogens is 216 g/mol. The maximum Gasteiger partial charge on any atom is 0.214 e. The van der Waals surface area contributed by atoms with Gasteiger partial charge in [-0.15, -0.1) is 0 Å². The lowest BCUT2D eigenvalue weighted by molar-refractivity contribution is 0.0357. The van der Waals surface area contributed by atoms with E-state index in [1.165, 1.54) is 4.31 Å². The Morgan fingerprint density at radius 3 is 2.73 bits per heavy atom. The number of nitrogens with two attached hydrogens (primary N) is 1. The first-order valence-corrected chi connectivity index (χ1v) is 6.85. The first kappa shape index (κ1) is 12.9. The highest BCUT2D eigenvalue weighted by Gasteiger charge is 2.32. The molecule has 15 heavy (non-hydrogen) atoms. The van der Waals surface area contributed by atoms with Crippen molar-refractivity contribution in [2.45, 2.75) is 19.9 Å². The van der Waals surface area contributed by atoms with E-state index < -0.39 is 10.0 Å². The summed E-state index contributed by atoms with van der Waals surface area (Å²) in [5.74, 6) is 0.319. The largest absolute Gasteiger partial charge is 0.378 e. The van der Waals surface area contributed by atoms with E-state index in [4.69, 9.17) is 10.5 Å². The average molecular weight is 236 g/mol. The maximum absolute atomic E-state index is 12.0. The Morgan fingerprint density at radius 1 is 1.53 bits per heavy atom. The summed E-state index contributed by atoms with van der Waals surface area (Å²) in [4.78, 5) is 0. The monoisotopic (exact) mass is 236 g/mol. The molecule has 1 unspecified atom stereocenters. The zero-order chi connectivity index (χ0) is 11.5. The van der Waals surface area contributed by atoms with Gasteiger partial charge in [0.1, 0.15) is 0 Å². The minimum absolute atomic E-state index is 0.135. The smallest absolute Gasteiger partial charge is 0.214 e. The van der Waals surface area contributed by atoms with Gasteiger partial charge in [-0.05, 0) is 5.92 Å². The Bertz CT molecular complexity index is 290. The topological polar surface area (TPSA) is 72.6 Å². The van der Waals surface area contributed by atoms with Crippen LogP contribution in [-0.4, -0.2) is 50.8 Å². The van der Waals surface area contributed by atoms with E-state index in [0.717, 1.165) is 0 Å². The third kappa shape index (κ3) is 3.41. The van der Waals surface area contributed by atoms with Crippen molar-refractivity contribution < 1.29 is 13.2 Å². The summed E-state index contributed by atoms with van der Waals surface area (Å²) in [7, 11) is -3.17. The molecule has 0 aromatic carbocycles. The molecule has 6 heteroatoms. The molecule has 0 amide bonds. The van der Waals surface area contributed by atoms with Gasteiger partial charge in [-0.3, -0.25) is 0 Å². The van der Waals surface area contributed by atoms with E-state index in [-0.39, 0.29) is 17.7 Å². The molecule has 0 radical (unpaired) electrons. The quantitative estimate of drug-likeness (QED) is 0.723. The van der Waals surface area contributed by atoms with E-state index in [2.05, 4.69) is 0 Å². The van der Waals surface area contributed by atoms with Gasteiger partial charge in [-0.2, -0.15) is 4.31 Å². The molecule has 5 nitrogen and oxygen atoms in total. The minimum atomic E-state index is -3.17. The summed E-state index contributed by atoms with van der Waals surface area (Å²) in [6.07, 6.45) is 0. The molecule has 90 valence electrons. The molecule has 0 bridgehead atoms. The zero-order valence-electron chi connectivity index (χ0n) is 9.35. The third-order valence-electron chi connectivity index (χ3n) is 2.35. The highest BCUT2D eigenvalue weighted by molar-refractivity contribution is 7.89. The van der Waals surface area contributed by atoms with Crippen molar-refractivity contribution >= 4 is 10.0 Å². The lowest BCUT2D eigenvalue weighted by Crippen LogP contribution is -2.52. The van der Waals surface area contributed by atoms with Crippen LogP contribution in [0.25, 0.3) is 0 Å². The van der Waals surface area contributed by atoms with Gasteiger partial charge in [0.2, 0.25) is 10.0 Å². The van der Waals surface area contributed by atoms with Gasteiger partial charge in [0.25, 0.3) is 0 Å². The molecule has 0 aliphatic carbocycles. The number of sulfonamides is 1. The van der Waals surface area contributed by atoms with Crippen LogP contribution in [0.2, 0.25) is 0 Å². The van der Waals surface area contributed by atoms with Gasteiger partial charge in [-0.25, -0.2) is 8.42 Å². The Morgan fingerprint density at radius 2 is 2.20 bits per heavy atom. The number of ether oxygens (including phenoxy) is 1. The van der Waals surface area contributed by atoms with E-state index >= 15 is 0 Å². The Labute approximate surface area is 91.6 Å². The Hall–Kier alpha value is -0.170. The van der Waals surface area contributed by atoms with Gasteiger partial charge in [-0.1, -0.05) is 13.8 Å². The summed E-state index contributed by atoms with van der Waals surface area (Å²) in [5, 5.41) is 0. The molecule has 1 fully saturated rings. The fourth-order valence-electron chi connectivity index (χ4n) is 1.71. The molecule has 0 aromatic heterocycles. The molecule has 1 heterocycles. The Kier molecular flexibility index (Phi) is 4.51. The molecule has 1 atom stereocenters. The fourth-order valence-corrected chi connectivity index (χ4v) is 3.70. The van der Waals surface area contributed by atoms with Crippen molar-refractivity contribution in [3.05, 3.63) is 0 Å². The molecule has 0 aromatic rings. The normalized spacial score (nSPS) is 24.7. The van der Waals surface area contributed by atoms with Crippen molar-refractivity contribution in [3.8, 4) is 0 Å². The first-order chi connectivity index (χ1) is 6.97. The lowest BCUT2D eigenvalue weighted by Gasteiger charge is -2.34. The molecule has 0 saturated carbocycles. The van der Waals surface area contributed by atoms with Crippen molar-refractivity contribution in [2.75, 3.05) is 32.1 Å². The summed E-state index contributed by atoms with van der Waals surface area (Å²) in [6, 6.07) is -0.192. The van der Waals surface area contributed by atoms with Gasteiger partial charge < -0.3 is 10.5 Å². The molecule has 2 N–H and O–H groups in total. The van der Waals surface area contributed by atoms with Crippen LogP contribution in [0, 0.1) is 5.92 Å². The minimum Gasteiger partial charge on any atom is -0.378 e. The standard InChI is InChI=1S/C9H20N2O3S/c1-8(2)7-15(12,13)11-3-4-14-6-9(11)5-10/h8-9H,3-7,10H2,1-2H3. The van der Waals surface area contributed by atoms with Gasteiger partial charge in [0.15, 0.2) is 0 Å². The molecule has 0 spiro atoms. The summed E-state index contributed by atoms with van der Waals surface area (Å²) in [6.45, 7) is 5.42. The lowest BCUT2D eigenvalue weighted by atomic mass is 10.3. The van der Waals surface area contributed by atoms with Gasteiger partial charge in [0, 0.05) is 13.1 Å². The predicted molar refractivity (Wildman–Crippen MR) is 59.0 cm³/mol. The fraction of sp³-hybridized carbons (Fsp3) is 1.00. The van der Waals surface area contributed by atoms with E-state index in [1.54, 1.807) is 0 Å². The van der Waals surface area contributed by atoms with Crippen LogP contribution in [0.4, 0.5) is 0 Å². The summed E-state index contributed by atoms with van der Waals surface area (Å²) >= 11 is 0. The van der Waals surface area contributed by atoms with Crippen LogP contribution in [-0.2, 0) is 14.8 Å². The average Bonchev–Trinajstić information content (AvgIpc) is 2.16. The molecular formula is C9H20N2O3S. The number of hydrogen-bond donors (Lipinski definition) is 1. The maximum atomic E-state index is 12.0. The second-order valence-electron chi connectivity index (χ2n) is 4.25. The molecule has 1 aliphatic heterocycles. The number of hydrogen-bond acceptors (Lipinski definition) is 4. The van der Waals surface area contributed by atoms with E-state index in [0.29, 0.717) is 26.3 Å². The van der Waals surface area contributed by atoms with Crippen LogP contribution in [0.5, 0.6) is 0 Å². The van der Waals surface area contributed by atoms with Crippen molar-refractivity contribution in [1.29, 1.82) is 0 Å². The Balaban J connectivity index is 2.74. The van der Waals surface area contributed by atoms with Crippen molar-refractivity contribution in [1.82, 2.24) is 4.31 Å². The highest BCUT2D eigenvalue weighted by atomic mass is 32.2. The van der Waals surface area contributed by atoms with Gasteiger partial charge >= 0.3 is 0 Å². The van der Waals surface area contributed by atoms with Crippen molar-refractivity contribution in [2.24, 2.45) is 11.7 Å². The second kappa shape index (κ2) is 5.25. The van der Waals surface area contributed by atoms with Crippen LogP contribution < -0.4 is 5.73 Å². The highest BCUT2D eigenvalue weighted by Crippen LogP contribution is 2.14. The van der Waals surface area contributed by atoms with E-state index in [9.17, 15) is 8.42 Å². The third-order valence-corrected chi connectivity index (χ3v) is 4.63. The first-order valence-electron chi connectivity index (χ1n) is 5.24.